The first-order valence-electron chi connectivity index (χ1n) is 28.8. The van der Waals surface area contributed by atoms with Crippen LogP contribution in [0.15, 0.2) is 60.8 Å². The van der Waals surface area contributed by atoms with E-state index < -0.39 is 6.10 Å². The molecule has 0 amide bonds. The third kappa shape index (κ3) is 54.2. The van der Waals surface area contributed by atoms with Crippen LogP contribution >= 0.6 is 0 Å². The molecule has 384 valence electrons. The van der Waals surface area contributed by atoms with Gasteiger partial charge in [-0.3, -0.25) is 9.59 Å². The largest absolute Gasteiger partial charge is 0.462 e. The molecule has 0 bridgehead atoms. The summed E-state index contributed by atoms with van der Waals surface area (Å²) in [5.74, 6) is -0.404. The first-order chi connectivity index (χ1) is 32.6. The number of hydrogen-bond donors (Lipinski definition) is 0. The van der Waals surface area contributed by atoms with Crippen LogP contribution in [0.25, 0.3) is 0 Å². The zero-order valence-corrected chi connectivity index (χ0v) is 44.2. The smallest absolute Gasteiger partial charge is 0.306 e. The molecule has 66 heavy (non-hydrogen) atoms. The van der Waals surface area contributed by atoms with E-state index in [2.05, 4.69) is 81.5 Å². The second kappa shape index (κ2) is 56.9. The Hall–Kier alpha value is -2.40. The summed E-state index contributed by atoms with van der Waals surface area (Å²) in [4.78, 5) is 25.5. The molecule has 0 aromatic rings. The lowest BCUT2D eigenvalue weighted by Gasteiger charge is -2.18. The number of allylic oxidation sites excluding steroid dienone is 10. The van der Waals surface area contributed by atoms with Gasteiger partial charge < -0.3 is 14.2 Å². The van der Waals surface area contributed by atoms with Crippen molar-refractivity contribution in [3.63, 3.8) is 0 Å². The van der Waals surface area contributed by atoms with Gasteiger partial charge in [0.2, 0.25) is 0 Å². The van der Waals surface area contributed by atoms with Crippen molar-refractivity contribution in [2.24, 2.45) is 0 Å². The molecular weight excluding hydrogens is 813 g/mol. The van der Waals surface area contributed by atoms with Crippen LogP contribution < -0.4 is 0 Å². The topological polar surface area (TPSA) is 61.8 Å². The molecule has 0 fully saturated rings. The Kier molecular flexibility index (Phi) is 54.9. The number of esters is 2. The Morgan fingerprint density at radius 2 is 0.682 bits per heavy atom. The molecule has 5 heteroatoms. The molecule has 0 spiro atoms. The minimum absolute atomic E-state index is 0.0788. The van der Waals surface area contributed by atoms with Gasteiger partial charge in [-0.25, -0.2) is 0 Å². The summed E-state index contributed by atoms with van der Waals surface area (Å²) in [5, 5.41) is 0. The van der Waals surface area contributed by atoms with Crippen molar-refractivity contribution in [1.82, 2.24) is 0 Å². The number of carbonyl (C=O) groups is 2. The van der Waals surface area contributed by atoms with Crippen LogP contribution in [0.4, 0.5) is 0 Å². The molecular formula is C61H110O5. The standard InChI is InChI=1S/C61H110O5/c1-4-7-10-13-16-19-22-25-28-30-32-35-38-41-44-47-50-53-56-64-57-59(66-61(63)55-52-49-46-43-40-37-33-27-24-21-18-15-12-9-6-3)58-65-60(62)54-51-48-45-42-39-36-34-31-29-26-23-20-17-14-11-8-5-2/h7,10,16,18-19,21,25,27-28,33,59H,4-6,8-9,11-15,17,20,22-24,26,29-32,34-58H2,1-3H3/b10-7-,19-16-,21-18-,28-25-,33-27-. The second-order valence-electron chi connectivity index (χ2n) is 19.2. The van der Waals surface area contributed by atoms with Gasteiger partial charge in [0.05, 0.1) is 6.61 Å². The highest BCUT2D eigenvalue weighted by molar-refractivity contribution is 5.70. The average molecular weight is 924 g/mol. The minimum Gasteiger partial charge on any atom is -0.462 e. The van der Waals surface area contributed by atoms with Crippen molar-refractivity contribution in [2.45, 2.75) is 297 Å². The van der Waals surface area contributed by atoms with Crippen molar-refractivity contribution in [1.29, 1.82) is 0 Å². The maximum Gasteiger partial charge on any atom is 0.306 e. The Morgan fingerprint density at radius 1 is 0.348 bits per heavy atom. The van der Waals surface area contributed by atoms with E-state index in [1.165, 1.54) is 180 Å². The summed E-state index contributed by atoms with van der Waals surface area (Å²) in [6, 6.07) is 0. The number of ether oxygens (including phenoxy) is 3. The summed E-state index contributed by atoms with van der Waals surface area (Å²) >= 11 is 0. The summed E-state index contributed by atoms with van der Waals surface area (Å²) in [6.45, 7) is 7.71. The highest BCUT2D eigenvalue weighted by atomic mass is 16.6. The van der Waals surface area contributed by atoms with Gasteiger partial charge >= 0.3 is 11.9 Å². The van der Waals surface area contributed by atoms with Crippen LogP contribution in [-0.2, 0) is 23.8 Å². The molecule has 1 atom stereocenters. The van der Waals surface area contributed by atoms with Crippen molar-refractivity contribution in [3.8, 4) is 0 Å². The molecule has 0 rings (SSSR count). The maximum atomic E-state index is 12.8. The van der Waals surface area contributed by atoms with E-state index in [0.717, 1.165) is 77.0 Å². The molecule has 0 aromatic heterocycles. The molecule has 0 N–H and O–H groups in total. The highest BCUT2D eigenvalue weighted by Crippen LogP contribution is 2.16. The van der Waals surface area contributed by atoms with E-state index in [0.29, 0.717) is 19.4 Å². The third-order valence-corrected chi connectivity index (χ3v) is 12.5. The third-order valence-electron chi connectivity index (χ3n) is 12.5. The summed E-state index contributed by atoms with van der Waals surface area (Å²) in [6.07, 6.45) is 72.4. The van der Waals surface area contributed by atoms with Gasteiger partial charge in [-0.2, -0.15) is 0 Å². The fraction of sp³-hybridized carbons (Fsp3) is 0.803. The SMILES string of the molecule is CC/C=C\C/C=C\C/C=C\CCCCCCCCCCOCC(COC(=O)CCCCCCCCCCCCCCCCCCC)OC(=O)CCCCCCC/C=C\C/C=C\CCCCC. The lowest BCUT2D eigenvalue weighted by Crippen LogP contribution is -2.30. The number of rotatable bonds is 53. The Labute approximate surface area is 411 Å². The molecule has 5 nitrogen and oxygen atoms in total. The number of unbranched alkanes of at least 4 members (excludes halogenated alkanes) is 32. The van der Waals surface area contributed by atoms with Crippen molar-refractivity contribution in [3.05, 3.63) is 60.8 Å². The van der Waals surface area contributed by atoms with Crippen molar-refractivity contribution >= 4 is 11.9 Å². The normalized spacial score (nSPS) is 12.6. The van der Waals surface area contributed by atoms with E-state index in [4.69, 9.17) is 14.2 Å². The van der Waals surface area contributed by atoms with Crippen molar-refractivity contribution < 1.29 is 23.8 Å². The Bertz CT molecular complexity index is 1130. The lowest BCUT2D eigenvalue weighted by molar-refractivity contribution is -0.163. The van der Waals surface area contributed by atoms with Gasteiger partial charge in [0.15, 0.2) is 6.10 Å². The molecule has 0 saturated carbocycles. The van der Waals surface area contributed by atoms with Gasteiger partial charge in [0, 0.05) is 19.4 Å². The summed E-state index contributed by atoms with van der Waals surface area (Å²) in [5.41, 5.74) is 0. The molecule has 0 radical (unpaired) electrons. The minimum atomic E-state index is -0.547. The molecule has 0 aliphatic rings. The van der Waals surface area contributed by atoms with E-state index in [-0.39, 0.29) is 25.2 Å². The van der Waals surface area contributed by atoms with Crippen LogP contribution in [0.2, 0.25) is 0 Å². The van der Waals surface area contributed by atoms with Crippen LogP contribution in [-0.4, -0.2) is 37.9 Å². The van der Waals surface area contributed by atoms with E-state index in [9.17, 15) is 9.59 Å². The van der Waals surface area contributed by atoms with Crippen LogP contribution in [0, 0.1) is 0 Å². The summed E-state index contributed by atoms with van der Waals surface area (Å²) in [7, 11) is 0. The van der Waals surface area contributed by atoms with Gasteiger partial charge in [0.1, 0.15) is 6.61 Å². The average Bonchev–Trinajstić information content (AvgIpc) is 3.32. The molecule has 0 aromatic carbocycles. The Morgan fingerprint density at radius 3 is 1.12 bits per heavy atom. The van der Waals surface area contributed by atoms with Crippen LogP contribution in [0.1, 0.15) is 290 Å². The highest BCUT2D eigenvalue weighted by Gasteiger charge is 2.17. The molecule has 0 saturated heterocycles. The Balaban J connectivity index is 4.27. The molecule has 0 aliphatic carbocycles. The fourth-order valence-electron chi connectivity index (χ4n) is 8.26. The van der Waals surface area contributed by atoms with E-state index in [1.807, 2.05) is 0 Å². The van der Waals surface area contributed by atoms with E-state index >= 15 is 0 Å². The zero-order chi connectivity index (χ0) is 47.7. The quantitative estimate of drug-likeness (QED) is 0.0346. The molecule has 1 unspecified atom stereocenters. The van der Waals surface area contributed by atoms with Gasteiger partial charge in [-0.05, 0) is 83.5 Å². The van der Waals surface area contributed by atoms with Gasteiger partial charge in [0.25, 0.3) is 0 Å². The summed E-state index contributed by atoms with van der Waals surface area (Å²) < 4.78 is 17.5. The second-order valence-corrected chi connectivity index (χ2v) is 19.2. The fourth-order valence-corrected chi connectivity index (χ4v) is 8.26. The first-order valence-corrected chi connectivity index (χ1v) is 28.8. The lowest BCUT2D eigenvalue weighted by atomic mass is 10.0. The predicted molar refractivity (Wildman–Crippen MR) is 288 cm³/mol. The number of carbonyl (C=O) groups excluding carboxylic acids is 2. The van der Waals surface area contributed by atoms with Gasteiger partial charge in [-0.1, -0.05) is 255 Å². The molecule has 0 heterocycles. The maximum absolute atomic E-state index is 12.8. The van der Waals surface area contributed by atoms with Crippen LogP contribution in [0.5, 0.6) is 0 Å². The van der Waals surface area contributed by atoms with Crippen molar-refractivity contribution in [2.75, 3.05) is 19.8 Å². The monoisotopic (exact) mass is 923 g/mol. The zero-order valence-electron chi connectivity index (χ0n) is 44.2. The van der Waals surface area contributed by atoms with Crippen LogP contribution in [0.3, 0.4) is 0 Å². The molecule has 0 aliphatic heterocycles. The predicted octanol–water partition coefficient (Wildman–Crippen LogP) is 19.7. The van der Waals surface area contributed by atoms with E-state index in [1.54, 1.807) is 0 Å². The van der Waals surface area contributed by atoms with Gasteiger partial charge in [-0.15, -0.1) is 0 Å². The first kappa shape index (κ1) is 63.6. The number of hydrogen-bond acceptors (Lipinski definition) is 5.